The van der Waals surface area contributed by atoms with E-state index in [0.29, 0.717) is 12.2 Å². The van der Waals surface area contributed by atoms with Crippen molar-refractivity contribution in [1.82, 2.24) is 4.98 Å². The molecular formula is C16H23FN2. The number of hydrogen-bond donors (Lipinski definition) is 1. The van der Waals surface area contributed by atoms with Gasteiger partial charge in [0.15, 0.2) is 0 Å². The summed E-state index contributed by atoms with van der Waals surface area (Å²) < 4.78 is 13.8. The summed E-state index contributed by atoms with van der Waals surface area (Å²) in [6, 6.07) is 5.08. The lowest BCUT2D eigenvalue weighted by molar-refractivity contribution is 0.614. The van der Waals surface area contributed by atoms with Crippen molar-refractivity contribution in [2.24, 2.45) is 0 Å². The zero-order valence-corrected chi connectivity index (χ0v) is 12.4. The van der Waals surface area contributed by atoms with Crippen LogP contribution >= 0.6 is 0 Å². The fourth-order valence-corrected chi connectivity index (χ4v) is 2.21. The summed E-state index contributed by atoms with van der Waals surface area (Å²) in [5.74, 6) is 0.566. The number of pyridine rings is 1. The summed E-state index contributed by atoms with van der Waals surface area (Å²) in [5.41, 5.74) is 7.41. The normalized spacial score (nSPS) is 10.5. The number of nitrogen functional groups attached to an aromatic ring is 1. The van der Waals surface area contributed by atoms with Gasteiger partial charge in [0.1, 0.15) is 11.6 Å². The number of nitrogens with two attached hydrogens (primary N) is 1. The first-order chi connectivity index (χ1) is 9.04. The third-order valence-corrected chi connectivity index (χ3v) is 3.00. The monoisotopic (exact) mass is 262 g/mol. The molecule has 3 heteroatoms. The van der Waals surface area contributed by atoms with Crippen LogP contribution in [0.1, 0.15) is 51.8 Å². The Kier molecular flexibility index (Phi) is 5.28. The number of aryl methyl sites for hydroxylation is 1. The Hall–Kier alpha value is -1.64. The molecule has 104 valence electrons. The van der Waals surface area contributed by atoms with E-state index in [4.69, 9.17) is 5.73 Å². The van der Waals surface area contributed by atoms with Crippen LogP contribution in [-0.2, 0) is 6.42 Å². The number of nitrogens with zero attached hydrogens (tertiary/aromatic N) is 1. The van der Waals surface area contributed by atoms with Gasteiger partial charge in [-0.25, -0.2) is 9.37 Å². The van der Waals surface area contributed by atoms with Gasteiger partial charge in [-0.2, -0.15) is 0 Å². The van der Waals surface area contributed by atoms with E-state index in [1.165, 1.54) is 6.07 Å². The average Bonchev–Trinajstić information content (AvgIpc) is 2.40. The number of anilines is 1. The summed E-state index contributed by atoms with van der Waals surface area (Å²) >= 11 is 0. The SMILES string of the molecule is CC.CCc1c(F)ccc2cc(N)nc(C(C)C)c12. The topological polar surface area (TPSA) is 38.9 Å². The summed E-state index contributed by atoms with van der Waals surface area (Å²) in [4.78, 5) is 4.36. The molecule has 0 amide bonds. The molecule has 1 aromatic heterocycles. The van der Waals surface area contributed by atoms with E-state index in [0.717, 1.165) is 22.0 Å². The zero-order valence-electron chi connectivity index (χ0n) is 12.4. The van der Waals surface area contributed by atoms with Gasteiger partial charge in [-0.3, -0.25) is 0 Å². The lowest BCUT2D eigenvalue weighted by atomic mass is 9.96. The number of rotatable bonds is 2. The smallest absolute Gasteiger partial charge is 0.127 e. The van der Waals surface area contributed by atoms with Gasteiger partial charge in [0.05, 0.1) is 5.69 Å². The molecule has 2 aromatic rings. The molecule has 0 aliphatic carbocycles. The van der Waals surface area contributed by atoms with Gasteiger partial charge in [-0.15, -0.1) is 0 Å². The van der Waals surface area contributed by atoms with Crippen LogP contribution in [0, 0.1) is 5.82 Å². The molecule has 0 spiro atoms. The van der Waals surface area contributed by atoms with Crippen molar-refractivity contribution in [3.8, 4) is 0 Å². The Bertz CT molecular complexity index is 562. The van der Waals surface area contributed by atoms with Gasteiger partial charge >= 0.3 is 0 Å². The van der Waals surface area contributed by atoms with Crippen molar-refractivity contribution in [3.05, 3.63) is 35.3 Å². The van der Waals surface area contributed by atoms with E-state index >= 15 is 0 Å². The fraction of sp³-hybridized carbons (Fsp3) is 0.438. The molecule has 2 nitrogen and oxygen atoms in total. The van der Waals surface area contributed by atoms with Crippen LogP contribution < -0.4 is 5.73 Å². The molecule has 0 aliphatic heterocycles. The molecule has 0 radical (unpaired) electrons. The summed E-state index contributed by atoms with van der Waals surface area (Å²) in [7, 11) is 0. The molecule has 0 saturated heterocycles. The van der Waals surface area contributed by atoms with Crippen molar-refractivity contribution in [3.63, 3.8) is 0 Å². The van der Waals surface area contributed by atoms with Crippen molar-refractivity contribution >= 4 is 16.6 Å². The molecule has 19 heavy (non-hydrogen) atoms. The Morgan fingerprint density at radius 1 is 1.26 bits per heavy atom. The summed E-state index contributed by atoms with van der Waals surface area (Å²) in [6.07, 6.45) is 0.661. The molecule has 0 bridgehead atoms. The summed E-state index contributed by atoms with van der Waals surface area (Å²) in [5, 5.41) is 1.90. The van der Waals surface area contributed by atoms with Crippen molar-refractivity contribution in [2.45, 2.75) is 47.0 Å². The highest BCUT2D eigenvalue weighted by molar-refractivity contribution is 5.90. The van der Waals surface area contributed by atoms with Crippen LogP contribution in [0.5, 0.6) is 0 Å². The number of benzene rings is 1. The van der Waals surface area contributed by atoms with E-state index in [-0.39, 0.29) is 11.7 Å². The van der Waals surface area contributed by atoms with Gasteiger partial charge in [0.25, 0.3) is 0 Å². The average molecular weight is 262 g/mol. The number of halogens is 1. The van der Waals surface area contributed by atoms with Crippen molar-refractivity contribution < 1.29 is 4.39 Å². The molecule has 2 rings (SSSR count). The third kappa shape index (κ3) is 3.03. The first-order valence-corrected chi connectivity index (χ1v) is 6.92. The molecule has 0 aliphatic rings. The van der Waals surface area contributed by atoms with E-state index in [1.807, 2.05) is 34.6 Å². The second kappa shape index (κ2) is 6.50. The first kappa shape index (κ1) is 15.4. The molecule has 0 saturated carbocycles. The maximum Gasteiger partial charge on any atom is 0.127 e. The van der Waals surface area contributed by atoms with Gasteiger partial charge in [0.2, 0.25) is 0 Å². The minimum Gasteiger partial charge on any atom is -0.384 e. The van der Waals surface area contributed by atoms with Crippen LogP contribution in [0.2, 0.25) is 0 Å². The maximum absolute atomic E-state index is 13.8. The van der Waals surface area contributed by atoms with E-state index in [2.05, 4.69) is 4.98 Å². The fourth-order valence-electron chi connectivity index (χ4n) is 2.21. The van der Waals surface area contributed by atoms with Crippen molar-refractivity contribution in [2.75, 3.05) is 5.73 Å². The minimum atomic E-state index is -0.159. The predicted octanol–water partition coefficient (Wildman–Crippen LogP) is 4.67. The molecule has 0 unspecified atom stereocenters. The largest absolute Gasteiger partial charge is 0.384 e. The highest BCUT2D eigenvalue weighted by atomic mass is 19.1. The Labute approximate surface area is 114 Å². The van der Waals surface area contributed by atoms with Crippen molar-refractivity contribution in [1.29, 1.82) is 0 Å². The van der Waals surface area contributed by atoms with Crippen LogP contribution in [0.15, 0.2) is 18.2 Å². The van der Waals surface area contributed by atoms with E-state index in [1.54, 1.807) is 12.1 Å². The molecular weight excluding hydrogens is 239 g/mol. The highest BCUT2D eigenvalue weighted by Crippen LogP contribution is 2.30. The maximum atomic E-state index is 13.8. The summed E-state index contributed by atoms with van der Waals surface area (Å²) in [6.45, 7) is 10.1. The molecule has 2 N–H and O–H groups in total. The standard InChI is InChI=1S/C14H17FN2.C2H6/c1-4-10-11(15)6-5-9-7-12(16)17-14(8(2)3)13(9)10;1-2/h5-8H,4H2,1-3H3,(H2,16,17);1-2H3. The lowest BCUT2D eigenvalue weighted by Gasteiger charge is -2.14. The van der Waals surface area contributed by atoms with Gasteiger partial charge in [0, 0.05) is 5.39 Å². The Morgan fingerprint density at radius 2 is 1.89 bits per heavy atom. The predicted molar refractivity (Wildman–Crippen MR) is 80.9 cm³/mol. The van der Waals surface area contributed by atoms with E-state index in [9.17, 15) is 4.39 Å². The highest BCUT2D eigenvalue weighted by Gasteiger charge is 2.14. The third-order valence-electron chi connectivity index (χ3n) is 3.00. The van der Waals surface area contributed by atoms with Gasteiger partial charge < -0.3 is 5.73 Å². The quantitative estimate of drug-likeness (QED) is 0.854. The number of aromatic nitrogens is 1. The molecule has 1 heterocycles. The lowest BCUT2D eigenvalue weighted by Crippen LogP contribution is -2.02. The minimum absolute atomic E-state index is 0.159. The molecule has 0 atom stereocenters. The van der Waals surface area contributed by atoms with Gasteiger partial charge in [-0.05, 0) is 35.4 Å². The van der Waals surface area contributed by atoms with Crippen LogP contribution in [-0.4, -0.2) is 4.98 Å². The van der Waals surface area contributed by atoms with E-state index < -0.39 is 0 Å². The second-order valence-corrected chi connectivity index (χ2v) is 4.56. The van der Waals surface area contributed by atoms with Crippen LogP contribution in [0.3, 0.4) is 0 Å². The number of hydrogen-bond acceptors (Lipinski definition) is 2. The van der Waals surface area contributed by atoms with Gasteiger partial charge in [-0.1, -0.05) is 40.7 Å². The zero-order chi connectivity index (χ0) is 14.6. The van der Waals surface area contributed by atoms with Crippen LogP contribution in [0.4, 0.5) is 10.2 Å². The first-order valence-electron chi connectivity index (χ1n) is 6.92. The number of fused-ring (bicyclic) bond motifs is 1. The molecule has 0 fully saturated rings. The Balaban J connectivity index is 0.000000861. The Morgan fingerprint density at radius 3 is 2.42 bits per heavy atom. The second-order valence-electron chi connectivity index (χ2n) is 4.56. The van der Waals surface area contributed by atoms with Crippen LogP contribution in [0.25, 0.3) is 10.8 Å². The molecule has 1 aromatic carbocycles.